The van der Waals surface area contributed by atoms with E-state index in [1.165, 1.54) is 11.3 Å². The summed E-state index contributed by atoms with van der Waals surface area (Å²) in [5, 5.41) is 1.42. The van der Waals surface area contributed by atoms with Gasteiger partial charge in [0.05, 0.1) is 11.6 Å². The van der Waals surface area contributed by atoms with E-state index in [1.54, 1.807) is 0 Å². The van der Waals surface area contributed by atoms with Crippen LogP contribution in [0.1, 0.15) is 24.6 Å². The highest BCUT2D eigenvalue weighted by atomic mass is 35.5. The number of urea groups is 1. The Labute approximate surface area is 142 Å². The Kier molecular flexibility index (Phi) is 4.37. The second-order valence-corrected chi connectivity index (χ2v) is 6.83. The molecule has 5 nitrogen and oxygen atoms in total. The van der Waals surface area contributed by atoms with Crippen molar-refractivity contribution in [3.63, 3.8) is 0 Å². The lowest BCUT2D eigenvalue weighted by atomic mass is 10.2. The molecule has 2 aromatic rings. The van der Waals surface area contributed by atoms with Crippen molar-refractivity contribution in [1.82, 2.24) is 9.80 Å². The number of rotatable bonds is 5. The van der Waals surface area contributed by atoms with Crippen LogP contribution in [-0.4, -0.2) is 34.2 Å². The van der Waals surface area contributed by atoms with E-state index < -0.39 is 17.8 Å². The number of thiophene rings is 1. The predicted octanol–water partition coefficient (Wildman–Crippen LogP) is 3.65. The van der Waals surface area contributed by atoms with Gasteiger partial charge in [-0.1, -0.05) is 43.1 Å². The fourth-order valence-corrected chi connectivity index (χ4v) is 3.99. The van der Waals surface area contributed by atoms with Crippen molar-refractivity contribution in [3.8, 4) is 0 Å². The van der Waals surface area contributed by atoms with Crippen molar-refractivity contribution >= 4 is 50.9 Å². The van der Waals surface area contributed by atoms with E-state index in [9.17, 15) is 14.4 Å². The molecule has 0 N–H and O–H groups in total. The van der Waals surface area contributed by atoms with Crippen LogP contribution in [0.4, 0.5) is 4.79 Å². The van der Waals surface area contributed by atoms with E-state index in [2.05, 4.69) is 0 Å². The highest BCUT2D eigenvalue weighted by Crippen LogP contribution is 2.36. The van der Waals surface area contributed by atoms with Crippen LogP contribution in [0, 0.1) is 0 Å². The second kappa shape index (κ2) is 6.29. The topological polar surface area (TPSA) is 57.7 Å². The number of carbonyl (C=O) groups excluding carboxylic acids is 3. The van der Waals surface area contributed by atoms with Crippen LogP contribution in [0.3, 0.4) is 0 Å². The molecule has 0 unspecified atom stereocenters. The maximum Gasteiger partial charge on any atom is 0.334 e. The fourth-order valence-electron chi connectivity index (χ4n) is 2.51. The molecule has 3 rings (SSSR count). The lowest BCUT2D eigenvalue weighted by molar-refractivity contribution is -0.143. The Balaban J connectivity index is 1.86. The summed E-state index contributed by atoms with van der Waals surface area (Å²) in [7, 11) is 0. The second-order valence-electron chi connectivity index (χ2n) is 5.32. The molecule has 1 aromatic heterocycles. The quantitative estimate of drug-likeness (QED) is 0.611. The van der Waals surface area contributed by atoms with E-state index in [-0.39, 0.29) is 13.1 Å². The summed E-state index contributed by atoms with van der Waals surface area (Å²) in [5.41, 5.74) is 0. The summed E-state index contributed by atoms with van der Waals surface area (Å²) >= 11 is 7.78. The normalized spacial score (nSPS) is 15.3. The van der Waals surface area contributed by atoms with Crippen LogP contribution in [-0.2, 0) is 16.1 Å². The van der Waals surface area contributed by atoms with E-state index in [4.69, 9.17) is 11.6 Å². The Morgan fingerprint density at radius 2 is 1.78 bits per heavy atom. The third-order valence-electron chi connectivity index (χ3n) is 3.77. The molecule has 7 heteroatoms. The number of amides is 4. The molecule has 0 radical (unpaired) electrons. The number of fused-ring (bicyclic) bond motifs is 1. The van der Waals surface area contributed by atoms with Crippen LogP contribution in [0.15, 0.2) is 24.3 Å². The molecule has 2 heterocycles. The van der Waals surface area contributed by atoms with Gasteiger partial charge in [0.1, 0.15) is 0 Å². The van der Waals surface area contributed by atoms with E-state index in [0.29, 0.717) is 16.3 Å². The summed E-state index contributed by atoms with van der Waals surface area (Å²) in [6.45, 7) is 2.27. The average molecular weight is 351 g/mol. The van der Waals surface area contributed by atoms with Gasteiger partial charge in [0.2, 0.25) is 0 Å². The number of nitrogens with zero attached hydrogens (tertiary/aromatic N) is 2. The molecule has 1 aromatic carbocycles. The van der Waals surface area contributed by atoms with E-state index in [1.807, 2.05) is 31.2 Å². The minimum Gasteiger partial charge on any atom is -0.263 e. The zero-order valence-corrected chi connectivity index (χ0v) is 14.1. The zero-order chi connectivity index (χ0) is 16.6. The summed E-state index contributed by atoms with van der Waals surface area (Å²) < 4.78 is 0.987. The minimum atomic E-state index is -0.778. The Bertz CT molecular complexity index is 802. The van der Waals surface area contributed by atoms with Crippen molar-refractivity contribution < 1.29 is 14.4 Å². The molecule has 1 aliphatic rings. The molecule has 0 spiro atoms. The van der Waals surface area contributed by atoms with Crippen LogP contribution in [0.25, 0.3) is 10.1 Å². The lowest BCUT2D eigenvalue weighted by Crippen LogP contribution is -2.33. The Hall–Kier alpha value is -1.92. The molecule has 1 saturated heterocycles. The SMILES string of the molecule is CCCCN1C(=O)C(=O)N(Cc2sc3ccccc3c2Cl)C1=O. The fraction of sp³-hybridized carbons (Fsp3) is 0.312. The average Bonchev–Trinajstić information content (AvgIpc) is 2.97. The van der Waals surface area contributed by atoms with Crippen molar-refractivity contribution in [2.45, 2.75) is 26.3 Å². The van der Waals surface area contributed by atoms with Gasteiger partial charge in [-0.05, 0) is 12.5 Å². The van der Waals surface area contributed by atoms with Gasteiger partial charge in [0.25, 0.3) is 0 Å². The van der Waals surface area contributed by atoms with Crippen LogP contribution in [0.2, 0.25) is 5.02 Å². The summed E-state index contributed by atoms with van der Waals surface area (Å²) in [4.78, 5) is 39.1. The molecule has 0 atom stereocenters. The number of benzene rings is 1. The van der Waals surface area contributed by atoms with Crippen molar-refractivity contribution in [3.05, 3.63) is 34.2 Å². The molecule has 4 amide bonds. The molecule has 1 aliphatic heterocycles. The molecule has 120 valence electrons. The number of unbranched alkanes of at least 4 members (excludes halogenated alkanes) is 1. The molecular weight excluding hydrogens is 336 g/mol. The van der Waals surface area contributed by atoms with Gasteiger partial charge < -0.3 is 0 Å². The molecule has 1 fully saturated rings. The van der Waals surface area contributed by atoms with Crippen molar-refractivity contribution in [1.29, 1.82) is 0 Å². The Morgan fingerprint density at radius 1 is 1.09 bits per heavy atom. The van der Waals surface area contributed by atoms with Gasteiger partial charge >= 0.3 is 17.8 Å². The predicted molar refractivity (Wildman–Crippen MR) is 89.4 cm³/mol. The molecule has 0 saturated carbocycles. The molecule has 23 heavy (non-hydrogen) atoms. The van der Waals surface area contributed by atoms with Gasteiger partial charge in [-0.2, -0.15) is 0 Å². The van der Waals surface area contributed by atoms with Crippen LogP contribution < -0.4 is 0 Å². The largest absolute Gasteiger partial charge is 0.334 e. The minimum absolute atomic E-state index is 0.0320. The number of imide groups is 2. The Morgan fingerprint density at radius 3 is 2.48 bits per heavy atom. The maximum atomic E-state index is 12.3. The van der Waals surface area contributed by atoms with Gasteiger partial charge in [0.15, 0.2) is 0 Å². The van der Waals surface area contributed by atoms with Crippen molar-refractivity contribution in [2.24, 2.45) is 0 Å². The number of carbonyl (C=O) groups is 3. The van der Waals surface area contributed by atoms with Gasteiger partial charge in [-0.15, -0.1) is 11.3 Å². The molecular formula is C16H15ClN2O3S. The summed E-state index contributed by atoms with van der Waals surface area (Å²) in [5.74, 6) is -1.53. The van der Waals surface area contributed by atoms with Crippen LogP contribution in [0.5, 0.6) is 0 Å². The van der Waals surface area contributed by atoms with Crippen molar-refractivity contribution in [2.75, 3.05) is 6.54 Å². The number of hydrogen-bond donors (Lipinski definition) is 0. The first-order valence-electron chi connectivity index (χ1n) is 7.37. The smallest absolute Gasteiger partial charge is 0.263 e. The highest BCUT2D eigenvalue weighted by Gasteiger charge is 2.44. The number of hydrogen-bond acceptors (Lipinski definition) is 4. The van der Waals surface area contributed by atoms with E-state index in [0.717, 1.165) is 26.3 Å². The first kappa shape index (κ1) is 16.0. The summed E-state index contributed by atoms with van der Waals surface area (Å²) in [6, 6.07) is 7.06. The monoisotopic (exact) mass is 350 g/mol. The standard InChI is InChI=1S/C16H15ClN2O3S/c1-2-3-8-18-14(20)15(21)19(16(18)22)9-12-13(17)10-6-4-5-7-11(10)23-12/h4-7H,2-3,8-9H2,1H3. The third kappa shape index (κ3) is 2.72. The zero-order valence-electron chi connectivity index (χ0n) is 12.5. The van der Waals surface area contributed by atoms with Crippen LogP contribution >= 0.6 is 22.9 Å². The number of halogens is 1. The first-order valence-corrected chi connectivity index (χ1v) is 8.57. The first-order chi connectivity index (χ1) is 11.0. The maximum absolute atomic E-state index is 12.3. The third-order valence-corrected chi connectivity index (χ3v) is 5.47. The highest BCUT2D eigenvalue weighted by molar-refractivity contribution is 7.19. The van der Waals surface area contributed by atoms with Gasteiger partial charge in [0, 0.05) is 21.5 Å². The molecule has 0 bridgehead atoms. The summed E-state index contributed by atoms with van der Waals surface area (Å²) in [6.07, 6.45) is 1.52. The lowest BCUT2D eigenvalue weighted by Gasteiger charge is -2.14. The van der Waals surface area contributed by atoms with Gasteiger partial charge in [-0.3, -0.25) is 19.4 Å². The van der Waals surface area contributed by atoms with Gasteiger partial charge in [-0.25, -0.2) is 4.79 Å². The van der Waals surface area contributed by atoms with E-state index >= 15 is 0 Å². The molecule has 0 aliphatic carbocycles.